The third-order valence-electron chi connectivity index (χ3n) is 2.83. The number of hydrogen-bond donors (Lipinski definition) is 2. The van der Waals surface area contributed by atoms with Crippen molar-refractivity contribution >= 4 is 28.3 Å². The quantitative estimate of drug-likeness (QED) is 0.777. The van der Waals surface area contributed by atoms with Crippen LogP contribution in [0.25, 0.3) is 0 Å². The van der Waals surface area contributed by atoms with Crippen LogP contribution in [0.3, 0.4) is 0 Å². The number of aromatic nitrogens is 5. The maximum Gasteiger partial charge on any atom is 0.226 e. The molecular formula is C12H17N7O2S. The first kappa shape index (κ1) is 16.0. The Balaban J connectivity index is 1.71. The van der Waals surface area contributed by atoms with Crippen molar-refractivity contribution in [2.45, 2.75) is 39.3 Å². The third kappa shape index (κ3) is 4.58. The van der Waals surface area contributed by atoms with E-state index in [2.05, 4.69) is 31.0 Å². The molecule has 0 radical (unpaired) electrons. The van der Waals surface area contributed by atoms with Gasteiger partial charge in [0.15, 0.2) is 5.82 Å². The lowest BCUT2D eigenvalue weighted by Crippen LogP contribution is -2.26. The van der Waals surface area contributed by atoms with Gasteiger partial charge < -0.3 is 15.2 Å². The van der Waals surface area contributed by atoms with Crippen molar-refractivity contribution in [2.24, 2.45) is 0 Å². The summed E-state index contributed by atoms with van der Waals surface area (Å²) in [5, 5.41) is 20.8. The second-order valence-electron chi connectivity index (χ2n) is 4.82. The molecule has 2 heterocycles. The largest absolute Gasteiger partial charge is 0.349 e. The van der Waals surface area contributed by atoms with Gasteiger partial charge in [0.1, 0.15) is 11.8 Å². The molecule has 118 valence electrons. The monoisotopic (exact) mass is 323 g/mol. The lowest BCUT2D eigenvalue weighted by molar-refractivity contribution is -0.124. The highest BCUT2D eigenvalue weighted by Crippen LogP contribution is 2.09. The molecule has 0 fully saturated rings. The minimum absolute atomic E-state index is 0.0856. The molecule has 0 unspecified atom stereocenters. The standard InChI is InChI=1S/C12H17N7O2S/c1-8(2)19-6-14-17-9(19)5-13-10(20)3-4-11(21)16-12-18-15-7-22-12/h6-8H,3-5H2,1-2H3,(H,13,20)(H,16,18,21). The Morgan fingerprint density at radius 1 is 1.23 bits per heavy atom. The van der Waals surface area contributed by atoms with E-state index in [0.717, 1.165) is 0 Å². The fourth-order valence-electron chi connectivity index (χ4n) is 1.73. The van der Waals surface area contributed by atoms with Crippen molar-refractivity contribution in [1.29, 1.82) is 0 Å². The van der Waals surface area contributed by atoms with Gasteiger partial charge in [0.25, 0.3) is 0 Å². The summed E-state index contributed by atoms with van der Waals surface area (Å²) in [7, 11) is 0. The molecule has 22 heavy (non-hydrogen) atoms. The molecule has 0 saturated carbocycles. The number of nitrogens with zero attached hydrogens (tertiary/aromatic N) is 5. The Morgan fingerprint density at radius 2 is 2.00 bits per heavy atom. The Labute approximate surface area is 131 Å². The average molecular weight is 323 g/mol. The van der Waals surface area contributed by atoms with E-state index in [1.807, 2.05) is 18.4 Å². The summed E-state index contributed by atoms with van der Waals surface area (Å²) in [5.41, 5.74) is 1.52. The molecule has 9 nitrogen and oxygen atoms in total. The van der Waals surface area contributed by atoms with E-state index in [1.165, 1.54) is 16.8 Å². The number of amides is 2. The van der Waals surface area contributed by atoms with E-state index in [1.54, 1.807) is 6.33 Å². The van der Waals surface area contributed by atoms with Crippen LogP contribution in [0.2, 0.25) is 0 Å². The number of rotatable bonds is 7. The van der Waals surface area contributed by atoms with Crippen molar-refractivity contribution in [3.05, 3.63) is 17.7 Å². The molecule has 0 spiro atoms. The van der Waals surface area contributed by atoms with Crippen LogP contribution >= 0.6 is 11.3 Å². The summed E-state index contributed by atoms with van der Waals surface area (Å²) in [6.07, 6.45) is 1.81. The first-order valence-electron chi connectivity index (χ1n) is 6.77. The van der Waals surface area contributed by atoms with E-state index in [-0.39, 0.29) is 37.2 Å². The molecule has 0 bridgehead atoms. The smallest absolute Gasteiger partial charge is 0.226 e. The lowest BCUT2D eigenvalue weighted by atomic mass is 10.3. The Bertz CT molecular complexity index is 623. The Morgan fingerprint density at radius 3 is 2.68 bits per heavy atom. The molecule has 0 aliphatic heterocycles. The summed E-state index contributed by atoms with van der Waals surface area (Å²) in [6, 6.07) is 0.222. The number of nitrogens with one attached hydrogen (secondary N) is 2. The zero-order chi connectivity index (χ0) is 15.9. The summed E-state index contributed by atoms with van der Waals surface area (Å²) < 4.78 is 1.88. The van der Waals surface area contributed by atoms with Gasteiger partial charge in [-0.1, -0.05) is 11.3 Å². The second-order valence-corrected chi connectivity index (χ2v) is 5.65. The Kier molecular flexibility index (Phi) is 5.53. The maximum absolute atomic E-state index is 11.8. The number of anilines is 1. The lowest BCUT2D eigenvalue weighted by Gasteiger charge is -2.10. The molecule has 2 aromatic heterocycles. The minimum Gasteiger partial charge on any atom is -0.349 e. The van der Waals surface area contributed by atoms with Gasteiger partial charge in [0.05, 0.1) is 6.54 Å². The summed E-state index contributed by atoms with van der Waals surface area (Å²) in [4.78, 5) is 23.4. The average Bonchev–Trinajstić information content (AvgIpc) is 3.13. The first-order chi connectivity index (χ1) is 10.6. The van der Waals surface area contributed by atoms with Gasteiger partial charge in [-0.3, -0.25) is 9.59 Å². The second kappa shape index (κ2) is 7.59. The molecule has 2 aromatic rings. The molecule has 2 N–H and O–H groups in total. The maximum atomic E-state index is 11.8. The van der Waals surface area contributed by atoms with E-state index in [9.17, 15) is 9.59 Å². The fourth-order valence-corrected chi connectivity index (χ4v) is 2.19. The summed E-state index contributed by atoms with van der Waals surface area (Å²) in [6.45, 7) is 4.30. The van der Waals surface area contributed by atoms with Crippen LogP contribution in [0.15, 0.2) is 11.8 Å². The predicted octanol–water partition coefficient (Wildman–Crippen LogP) is 0.746. The van der Waals surface area contributed by atoms with Crippen LogP contribution < -0.4 is 10.6 Å². The van der Waals surface area contributed by atoms with E-state index >= 15 is 0 Å². The number of carbonyl (C=O) groups excluding carboxylic acids is 2. The molecular weight excluding hydrogens is 306 g/mol. The van der Waals surface area contributed by atoms with Crippen molar-refractivity contribution < 1.29 is 9.59 Å². The van der Waals surface area contributed by atoms with Crippen molar-refractivity contribution in [3.8, 4) is 0 Å². The SMILES string of the molecule is CC(C)n1cnnc1CNC(=O)CCC(=O)Nc1nncs1. The van der Waals surface area contributed by atoms with Crippen molar-refractivity contribution in [1.82, 2.24) is 30.3 Å². The van der Waals surface area contributed by atoms with Crippen molar-refractivity contribution in [3.63, 3.8) is 0 Å². The van der Waals surface area contributed by atoms with Crippen LogP contribution in [0.5, 0.6) is 0 Å². The highest BCUT2D eigenvalue weighted by atomic mass is 32.1. The highest BCUT2D eigenvalue weighted by molar-refractivity contribution is 7.13. The van der Waals surface area contributed by atoms with Gasteiger partial charge >= 0.3 is 0 Å². The third-order valence-corrected chi connectivity index (χ3v) is 3.44. The normalized spacial score (nSPS) is 10.7. The molecule has 0 saturated heterocycles. The number of carbonyl (C=O) groups is 2. The summed E-state index contributed by atoms with van der Waals surface area (Å²) in [5.74, 6) is 0.199. The van der Waals surface area contributed by atoms with Gasteiger partial charge in [0, 0.05) is 18.9 Å². The molecule has 0 aliphatic carbocycles. The zero-order valence-electron chi connectivity index (χ0n) is 12.3. The van der Waals surface area contributed by atoms with Gasteiger partial charge in [0.2, 0.25) is 16.9 Å². The molecule has 2 rings (SSSR count). The van der Waals surface area contributed by atoms with Crippen LogP contribution in [0, 0.1) is 0 Å². The van der Waals surface area contributed by atoms with E-state index in [0.29, 0.717) is 11.0 Å². The van der Waals surface area contributed by atoms with Gasteiger partial charge in [-0.15, -0.1) is 20.4 Å². The highest BCUT2D eigenvalue weighted by Gasteiger charge is 2.11. The molecule has 10 heteroatoms. The number of hydrogen-bond acceptors (Lipinski definition) is 7. The minimum atomic E-state index is -0.266. The molecule has 2 amide bonds. The zero-order valence-corrected chi connectivity index (χ0v) is 13.1. The fraction of sp³-hybridized carbons (Fsp3) is 0.500. The van der Waals surface area contributed by atoms with Gasteiger partial charge in [-0.05, 0) is 13.8 Å². The van der Waals surface area contributed by atoms with E-state index < -0.39 is 0 Å². The van der Waals surface area contributed by atoms with Gasteiger partial charge in [-0.2, -0.15) is 0 Å². The predicted molar refractivity (Wildman–Crippen MR) is 80.0 cm³/mol. The molecule has 0 aromatic carbocycles. The molecule has 0 aliphatic rings. The van der Waals surface area contributed by atoms with Crippen LogP contribution in [0.4, 0.5) is 5.13 Å². The summed E-state index contributed by atoms with van der Waals surface area (Å²) >= 11 is 1.23. The first-order valence-corrected chi connectivity index (χ1v) is 7.65. The van der Waals surface area contributed by atoms with Crippen LogP contribution in [-0.2, 0) is 16.1 Å². The van der Waals surface area contributed by atoms with Crippen LogP contribution in [0.1, 0.15) is 38.6 Å². The Hall–Kier alpha value is -2.36. The molecule has 0 atom stereocenters. The van der Waals surface area contributed by atoms with Crippen LogP contribution in [-0.4, -0.2) is 36.8 Å². The topological polar surface area (TPSA) is 115 Å². The van der Waals surface area contributed by atoms with E-state index in [4.69, 9.17) is 0 Å². The van der Waals surface area contributed by atoms with Gasteiger partial charge in [-0.25, -0.2) is 0 Å². The van der Waals surface area contributed by atoms with Crippen molar-refractivity contribution in [2.75, 3.05) is 5.32 Å².